The average Bonchev–Trinajstić information content (AvgIpc) is 3.19. The van der Waals surface area contributed by atoms with Crippen molar-refractivity contribution >= 4 is 34.1 Å². The molecule has 1 N–H and O–H groups in total. The molecule has 2 rings (SSSR count). The van der Waals surface area contributed by atoms with Crippen LogP contribution in [0.4, 0.5) is 5.13 Å². The first-order chi connectivity index (χ1) is 11.1. The number of nitrogens with one attached hydrogen (secondary N) is 1. The van der Waals surface area contributed by atoms with Gasteiger partial charge in [0.05, 0.1) is 11.9 Å². The van der Waals surface area contributed by atoms with Crippen LogP contribution in [0.1, 0.15) is 26.7 Å². The Kier molecular flexibility index (Phi) is 7.32. The minimum absolute atomic E-state index is 0.101. The van der Waals surface area contributed by atoms with Crippen LogP contribution in [0.5, 0.6) is 0 Å². The summed E-state index contributed by atoms with van der Waals surface area (Å²) in [5, 5.41) is 12.3. The summed E-state index contributed by atoms with van der Waals surface area (Å²) in [6, 6.07) is 0. The van der Waals surface area contributed by atoms with Gasteiger partial charge in [0.2, 0.25) is 11.0 Å². The number of ether oxygens (including phenoxy) is 1. The Bertz CT molecular complexity index is 529. The summed E-state index contributed by atoms with van der Waals surface area (Å²) < 4.78 is 6.37. The second kappa shape index (κ2) is 9.24. The maximum atomic E-state index is 12.2. The molecule has 1 aliphatic heterocycles. The van der Waals surface area contributed by atoms with E-state index in [1.165, 1.54) is 23.1 Å². The zero-order chi connectivity index (χ0) is 16.7. The topological polar surface area (TPSA) is 67.4 Å². The molecule has 6 nitrogen and oxygen atoms in total. The normalized spacial score (nSPS) is 17.2. The van der Waals surface area contributed by atoms with Crippen molar-refractivity contribution in [3.63, 3.8) is 0 Å². The molecule has 1 fully saturated rings. The predicted octanol–water partition coefficient (Wildman–Crippen LogP) is 2.65. The molecule has 1 saturated heterocycles. The van der Waals surface area contributed by atoms with E-state index in [0.29, 0.717) is 18.8 Å². The van der Waals surface area contributed by atoms with E-state index in [2.05, 4.69) is 22.1 Å². The molecular weight excluding hydrogens is 332 g/mol. The molecule has 0 aliphatic carbocycles. The smallest absolute Gasteiger partial charge is 0.233 e. The Balaban J connectivity index is 1.74. The average molecular weight is 357 g/mol. The van der Waals surface area contributed by atoms with Gasteiger partial charge >= 0.3 is 0 Å². The SMILES string of the molecule is C=C(C)CN(CC)C(=O)CSc1nnc(NCC2CCCO2)s1. The number of hydrogen-bond donors (Lipinski definition) is 1. The summed E-state index contributed by atoms with van der Waals surface area (Å²) in [5.74, 6) is 0.478. The summed E-state index contributed by atoms with van der Waals surface area (Å²) in [5.41, 5.74) is 0.988. The van der Waals surface area contributed by atoms with Gasteiger partial charge in [-0.2, -0.15) is 0 Å². The van der Waals surface area contributed by atoms with Crippen LogP contribution in [0.2, 0.25) is 0 Å². The molecule has 0 saturated carbocycles. The molecular formula is C15H24N4O2S2. The molecule has 0 radical (unpaired) electrons. The number of hydrogen-bond acceptors (Lipinski definition) is 7. The maximum absolute atomic E-state index is 12.2. The zero-order valence-electron chi connectivity index (χ0n) is 13.7. The molecule has 1 amide bonds. The number of likely N-dealkylation sites (N-methyl/N-ethyl adjacent to an activating group) is 1. The molecule has 1 aromatic rings. The summed E-state index contributed by atoms with van der Waals surface area (Å²) in [4.78, 5) is 14.0. The number of carbonyl (C=O) groups is 1. The van der Waals surface area contributed by atoms with Gasteiger partial charge in [-0.1, -0.05) is 35.3 Å². The van der Waals surface area contributed by atoms with Gasteiger partial charge in [0, 0.05) is 26.2 Å². The quantitative estimate of drug-likeness (QED) is 0.542. The van der Waals surface area contributed by atoms with Crippen LogP contribution in [-0.4, -0.2) is 59.1 Å². The van der Waals surface area contributed by atoms with Crippen molar-refractivity contribution in [3.05, 3.63) is 12.2 Å². The highest BCUT2D eigenvalue weighted by Crippen LogP contribution is 2.26. The van der Waals surface area contributed by atoms with E-state index in [-0.39, 0.29) is 12.0 Å². The molecule has 0 bridgehead atoms. The van der Waals surface area contributed by atoms with Crippen molar-refractivity contribution < 1.29 is 9.53 Å². The molecule has 1 aromatic heterocycles. The van der Waals surface area contributed by atoms with Gasteiger partial charge in [-0.25, -0.2) is 0 Å². The summed E-state index contributed by atoms with van der Waals surface area (Å²) in [6.07, 6.45) is 2.50. The lowest BCUT2D eigenvalue weighted by atomic mass is 10.2. The van der Waals surface area contributed by atoms with Crippen LogP contribution >= 0.6 is 23.1 Å². The summed E-state index contributed by atoms with van der Waals surface area (Å²) in [7, 11) is 0. The number of rotatable bonds is 9. The van der Waals surface area contributed by atoms with Gasteiger partial charge in [-0.15, -0.1) is 10.2 Å². The van der Waals surface area contributed by atoms with E-state index < -0.39 is 0 Å². The minimum Gasteiger partial charge on any atom is -0.376 e. The van der Waals surface area contributed by atoms with Crippen LogP contribution < -0.4 is 5.32 Å². The second-order valence-electron chi connectivity index (χ2n) is 5.54. The Morgan fingerprint density at radius 1 is 1.57 bits per heavy atom. The van der Waals surface area contributed by atoms with Gasteiger partial charge in [0.15, 0.2) is 4.34 Å². The first-order valence-electron chi connectivity index (χ1n) is 7.82. The fraction of sp³-hybridized carbons (Fsp3) is 0.667. The van der Waals surface area contributed by atoms with Gasteiger partial charge in [-0.05, 0) is 26.7 Å². The van der Waals surface area contributed by atoms with Crippen molar-refractivity contribution in [3.8, 4) is 0 Å². The highest BCUT2D eigenvalue weighted by atomic mass is 32.2. The molecule has 23 heavy (non-hydrogen) atoms. The minimum atomic E-state index is 0.101. The predicted molar refractivity (Wildman–Crippen MR) is 95.2 cm³/mol. The number of anilines is 1. The number of amides is 1. The third-order valence-electron chi connectivity index (χ3n) is 3.43. The Labute approximate surface area is 145 Å². The molecule has 0 aromatic carbocycles. The molecule has 2 heterocycles. The van der Waals surface area contributed by atoms with Crippen LogP contribution in [-0.2, 0) is 9.53 Å². The molecule has 128 valence electrons. The van der Waals surface area contributed by atoms with Crippen molar-refractivity contribution in [1.29, 1.82) is 0 Å². The van der Waals surface area contributed by atoms with Gasteiger partial charge in [-0.3, -0.25) is 4.79 Å². The zero-order valence-corrected chi connectivity index (χ0v) is 15.3. The Hall–Kier alpha value is -1.12. The molecule has 8 heteroatoms. The van der Waals surface area contributed by atoms with E-state index in [1.54, 1.807) is 4.90 Å². The van der Waals surface area contributed by atoms with Crippen molar-refractivity contribution in [2.45, 2.75) is 37.1 Å². The largest absolute Gasteiger partial charge is 0.376 e. The highest BCUT2D eigenvalue weighted by molar-refractivity contribution is 8.01. The van der Waals surface area contributed by atoms with E-state index >= 15 is 0 Å². The van der Waals surface area contributed by atoms with Crippen LogP contribution in [0.25, 0.3) is 0 Å². The first kappa shape index (κ1) is 18.2. The van der Waals surface area contributed by atoms with Crippen LogP contribution in [0.15, 0.2) is 16.5 Å². The second-order valence-corrected chi connectivity index (χ2v) is 7.74. The van der Waals surface area contributed by atoms with E-state index in [9.17, 15) is 4.79 Å². The maximum Gasteiger partial charge on any atom is 0.233 e. The molecule has 1 unspecified atom stereocenters. The van der Waals surface area contributed by atoms with Crippen molar-refractivity contribution in [2.24, 2.45) is 0 Å². The fourth-order valence-corrected chi connectivity index (χ4v) is 3.92. The van der Waals surface area contributed by atoms with Crippen LogP contribution in [0.3, 0.4) is 0 Å². The van der Waals surface area contributed by atoms with Gasteiger partial charge in [0.1, 0.15) is 0 Å². The fourth-order valence-electron chi connectivity index (χ4n) is 2.26. The molecule has 1 aliphatic rings. The standard InChI is InChI=1S/C15H24N4O2S2/c1-4-19(9-11(2)3)13(20)10-22-15-18-17-14(23-15)16-8-12-6-5-7-21-12/h12H,2,4-10H2,1,3H3,(H,16,17). The monoisotopic (exact) mass is 356 g/mol. The van der Waals surface area contributed by atoms with Gasteiger partial charge in [0.25, 0.3) is 0 Å². The van der Waals surface area contributed by atoms with Crippen molar-refractivity contribution in [1.82, 2.24) is 15.1 Å². The third-order valence-corrected chi connectivity index (χ3v) is 5.42. The summed E-state index contributed by atoms with van der Waals surface area (Å²) >= 11 is 2.91. The Morgan fingerprint density at radius 3 is 3.04 bits per heavy atom. The van der Waals surface area contributed by atoms with E-state index in [4.69, 9.17) is 4.74 Å². The number of aromatic nitrogens is 2. The number of carbonyl (C=O) groups excluding carboxylic acids is 1. The van der Waals surface area contributed by atoms with Crippen LogP contribution in [0, 0.1) is 0 Å². The van der Waals surface area contributed by atoms with E-state index in [1.807, 2.05) is 13.8 Å². The van der Waals surface area contributed by atoms with E-state index in [0.717, 1.165) is 41.0 Å². The highest BCUT2D eigenvalue weighted by Gasteiger charge is 2.17. The third kappa shape index (κ3) is 6.12. The lowest BCUT2D eigenvalue weighted by Gasteiger charge is -2.20. The lowest BCUT2D eigenvalue weighted by Crippen LogP contribution is -2.33. The number of thioether (sulfide) groups is 1. The molecule has 1 atom stereocenters. The first-order valence-corrected chi connectivity index (χ1v) is 9.62. The van der Waals surface area contributed by atoms with Gasteiger partial charge < -0.3 is 15.0 Å². The van der Waals surface area contributed by atoms with Crippen molar-refractivity contribution in [2.75, 3.05) is 37.3 Å². The molecule has 0 spiro atoms. The summed E-state index contributed by atoms with van der Waals surface area (Å²) in [6.45, 7) is 10.7. The lowest BCUT2D eigenvalue weighted by molar-refractivity contribution is -0.127. The number of nitrogens with zero attached hydrogens (tertiary/aromatic N) is 3. The Morgan fingerprint density at radius 2 is 2.39 bits per heavy atom.